The number of nitrogens with zero attached hydrogens (tertiary/aromatic N) is 3. The lowest BCUT2D eigenvalue weighted by Crippen LogP contribution is -2.45. The first kappa shape index (κ1) is 16.0. The van der Waals surface area contributed by atoms with Gasteiger partial charge in [-0.25, -0.2) is 9.97 Å². The molecule has 25 heavy (non-hydrogen) atoms. The van der Waals surface area contributed by atoms with Crippen LogP contribution in [0.2, 0.25) is 0 Å². The summed E-state index contributed by atoms with van der Waals surface area (Å²) in [6.45, 7) is 2.88. The Hall–Kier alpha value is -2.51. The summed E-state index contributed by atoms with van der Waals surface area (Å²) in [4.78, 5) is 23.0. The van der Waals surface area contributed by atoms with Crippen molar-refractivity contribution in [3.63, 3.8) is 0 Å². The molecule has 0 saturated carbocycles. The van der Waals surface area contributed by atoms with Crippen molar-refractivity contribution < 1.29 is 14.3 Å². The summed E-state index contributed by atoms with van der Waals surface area (Å²) in [5.41, 5.74) is 1.09. The van der Waals surface area contributed by atoms with E-state index in [9.17, 15) is 4.79 Å². The van der Waals surface area contributed by atoms with E-state index in [-0.39, 0.29) is 5.91 Å². The molecule has 7 heteroatoms. The number of amides is 1. The summed E-state index contributed by atoms with van der Waals surface area (Å²) in [5.74, 6) is 0.0867. The zero-order valence-electron chi connectivity index (χ0n) is 13.9. The van der Waals surface area contributed by atoms with Gasteiger partial charge in [-0.2, -0.15) is 0 Å². The fraction of sp³-hybridized carbons (Fsp3) is 0.389. The van der Waals surface area contributed by atoms with Crippen molar-refractivity contribution in [3.05, 3.63) is 48.4 Å². The Morgan fingerprint density at radius 3 is 2.52 bits per heavy atom. The van der Waals surface area contributed by atoms with Gasteiger partial charge in [-0.05, 0) is 12.1 Å². The predicted molar refractivity (Wildman–Crippen MR) is 92.5 cm³/mol. The second kappa shape index (κ2) is 6.78. The van der Waals surface area contributed by atoms with E-state index in [0.29, 0.717) is 18.9 Å². The van der Waals surface area contributed by atoms with Gasteiger partial charge in [0.15, 0.2) is 5.79 Å². The lowest BCUT2D eigenvalue weighted by atomic mass is 10.0. The average molecular weight is 340 g/mol. The molecule has 1 aromatic carbocycles. The average Bonchev–Trinajstić information content (AvgIpc) is 3.11. The fourth-order valence-electron chi connectivity index (χ4n) is 3.22. The number of aromatic nitrogens is 2. The van der Waals surface area contributed by atoms with E-state index in [1.165, 1.54) is 6.33 Å². The molecule has 3 heterocycles. The van der Waals surface area contributed by atoms with Crippen LogP contribution in [-0.2, 0) is 9.47 Å². The molecular weight excluding hydrogens is 320 g/mol. The summed E-state index contributed by atoms with van der Waals surface area (Å²) in [5, 5.41) is 2.84. The molecule has 2 aliphatic rings. The molecular formula is C18H20N4O3. The Labute approximate surface area is 146 Å². The van der Waals surface area contributed by atoms with Gasteiger partial charge in [0.2, 0.25) is 0 Å². The van der Waals surface area contributed by atoms with E-state index in [1.807, 2.05) is 30.3 Å². The number of carbonyl (C=O) groups excluding carboxylic acids is 1. The van der Waals surface area contributed by atoms with Crippen LogP contribution < -0.4 is 10.2 Å². The van der Waals surface area contributed by atoms with Crippen molar-refractivity contribution in [1.82, 2.24) is 9.97 Å². The number of benzene rings is 1. The lowest BCUT2D eigenvalue weighted by Gasteiger charge is -2.38. The van der Waals surface area contributed by atoms with Crippen LogP contribution in [0.5, 0.6) is 0 Å². The molecule has 0 radical (unpaired) electrons. The summed E-state index contributed by atoms with van der Waals surface area (Å²) in [6.07, 6.45) is 3.02. The quantitative estimate of drug-likeness (QED) is 0.922. The van der Waals surface area contributed by atoms with E-state index in [1.54, 1.807) is 6.07 Å². The Morgan fingerprint density at radius 1 is 1.08 bits per heavy atom. The SMILES string of the molecule is O=C(Nc1ccccc1)c1cc(N2CCC3(CC2)OCCO3)ncn1. The number of nitrogens with one attached hydrogen (secondary N) is 1. The van der Waals surface area contributed by atoms with Crippen LogP contribution in [0.3, 0.4) is 0 Å². The minimum atomic E-state index is -0.420. The first-order valence-corrected chi connectivity index (χ1v) is 8.45. The van der Waals surface area contributed by atoms with Crippen LogP contribution in [0.4, 0.5) is 11.5 Å². The van der Waals surface area contributed by atoms with Crippen LogP contribution in [-0.4, -0.2) is 48.0 Å². The number of piperidine rings is 1. The number of ether oxygens (including phenoxy) is 2. The largest absolute Gasteiger partial charge is 0.356 e. The molecule has 2 fully saturated rings. The van der Waals surface area contributed by atoms with Gasteiger partial charge in [-0.15, -0.1) is 0 Å². The van der Waals surface area contributed by atoms with Crippen LogP contribution in [0.1, 0.15) is 23.3 Å². The molecule has 7 nitrogen and oxygen atoms in total. The minimum Gasteiger partial charge on any atom is -0.356 e. The molecule has 2 saturated heterocycles. The minimum absolute atomic E-state index is 0.245. The molecule has 0 atom stereocenters. The van der Waals surface area contributed by atoms with Gasteiger partial charge < -0.3 is 19.7 Å². The first-order valence-electron chi connectivity index (χ1n) is 8.45. The number of hydrogen-bond acceptors (Lipinski definition) is 6. The number of rotatable bonds is 3. The van der Waals surface area contributed by atoms with Crippen LogP contribution in [0, 0.1) is 0 Å². The number of para-hydroxylation sites is 1. The van der Waals surface area contributed by atoms with E-state index >= 15 is 0 Å². The topological polar surface area (TPSA) is 76.6 Å². The molecule has 2 aromatic rings. The molecule has 2 aliphatic heterocycles. The highest BCUT2D eigenvalue weighted by molar-refractivity contribution is 6.03. The van der Waals surface area contributed by atoms with E-state index in [0.717, 1.165) is 37.4 Å². The number of carbonyl (C=O) groups is 1. The van der Waals surface area contributed by atoms with E-state index in [4.69, 9.17) is 9.47 Å². The Morgan fingerprint density at radius 2 is 1.80 bits per heavy atom. The monoisotopic (exact) mass is 340 g/mol. The maximum absolute atomic E-state index is 12.4. The normalized spacial score (nSPS) is 19.1. The molecule has 1 spiro atoms. The molecule has 1 amide bonds. The van der Waals surface area contributed by atoms with Gasteiger partial charge in [0.1, 0.15) is 17.8 Å². The molecule has 130 valence electrons. The zero-order chi connectivity index (χ0) is 17.1. The van der Waals surface area contributed by atoms with Crippen molar-refractivity contribution >= 4 is 17.4 Å². The predicted octanol–water partition coefficient (Wildman–Crippen LogP) is 2.07. The highest BCUT2D eigenvalue weighted by atomic mass is 16.7. The molecule has 0 unspecified atom stereocenters. The van der Waals surface area contributed by atoms with Gasteiger partial charge >= 0.3 is 0 Å². The van der Waals surface area contributed by atoms with Gasteiger partial charge in [0.05, 0.1) is 13.2 Å². The highest BCUT2D eigenvalue weighted by Crippen LogP contribution is 2.32. The Kier molecular flexibility index (Phi) is 4.33. The second-order valence-electron chi connectivity index (χ2n) is 6.18. The molecule has 4 rings (SSSR count). The highest BCUT2D eigenvalue weighted by Gasteiger charge is 2.40. The van der Waals surface area contributed by atoms with Crippen molar-refractivity contribution in [2.45, 2.75) is 18.6 Å². The van der Waals surface area contributed by atoms with Crippen molar-refractivity contribution in [1.29, 1.82) is 0 Å². The zero-order valence-corrected chi connectivity index (χ0v) is 13.9. The Bertz CT molecular complexity index is 737. The molecule has 0 bridgehead atoms. The molecule has 1 N–H and O–H groups in total. The van der Waals surface area contributed by atoms with Crippen molar-refractivity contribution in [3.8, 4) is 0 Å². The molecule has 0 aliphatic carbocycles. The van der Waals surface area contributed by atoms with E-state index in [2.05, 4.69) is 20.2 Å². The maximum Gasteiger partial charge on any atom is 0.274 e. The third-order valence-corrected chi connectivity index (χ3v) is 4.58. The van der Waals surface area contributed by atoms with Gasteiger partial charge in [-0.3, -0.25) is 4.79 Å². The summed E-state index contributed by atoms with van der Waals surface area (Å²) >= 11 is 0. The van der Waals surface area contributed by atoms with E-state index < -0.39 is 5.79 Å². The summed E-state index contributed by atoms with van der Waals surface area (Å²) in [6, 6.07) is 11.1. The van der Waals surface area contributed by atoms with Crippen LogP contribution in [0.15, 0.2) is 42.7 Å². The third-order valence-electron chi connectivity index (χ3n) is 4.58. The smallest absolute Gasteiger partial charge is 0.274 e. The van der Waals surface area contributed by atoms with Crippen LogP contribution in [0.25, 0.3) is 0 Å². The van der Waals surface area contributed by atoms with Gasteiger partial charge in [0, 0.05) is 37.7 Å². The van der Waals surface area contributed by atoms with Gasteiger partial charge in [0.25, 0.3) is 5.91 Å². The van der Waals surface area contributed by atoms with Crippen LogP contribution >= 0.6 is 0 Å². The second-order valence-corrected chi connectivity index (χ2v) is 6.18. The van der Waals surface area contributed by atoms with Crippen molar-refractivity contribution in [2.24, 2.45) is 0 Å². The maximum atomic E-state index is 12.4. The fourth-order valence-corrected chi connectivity index (χ4v) is 3.22. The first-order chi connectivity index (χ1) is 12.2. The summed E-state index contributed by atoms with van der Waals surface area (Å²) in [7, 11) is 0. The Balaban J connectivity index is 1.44. The number of hydrogen-bond donors (Lipinski definition) is 1. The molecule has 1 aromatic heterocycles. The lowest BCUT2D eigenvalue weighted by molar-refractivity contribution is -0.169. The third kappa shape index (κ3) is 3.47. The van der Waals surface area contributed by atoms with Gasteiger partial charge in [-0.1, -0.05) is 18.2 Å². The van der Waals surface area contributed by atoms with Crippen molar-refractivity contribution in [2.75, 3.05) is 36.5 Å². The summed E-state index contributed by atoms with van der Waals surface area (Å²) < 4.78 is 11.5. The number of anilines is 2. The standard InChI is InChI=1S/C18H20N4O3/c23-17(21-14-4-2-1-3-5-14)15-12-16(20-13-19-15)22-8-6-18(7-9-22)24-10-11-25-18/h1-5,12-13H,6-11H2,(H,21,23).